The first kappa shape index (κ1) is 13.1. The van der Waals surface area contributed by atoms with E-state index < -0.39 is 0 Å². The summed E-state index contributed by atoms with van der Waals surface area (Å²) in [6.07, 6.45) is 3.53. The van der Waals surface area contributed by atoms with E-state index in [1.54, 1.807) is 6.33 Å². The average Bonchev–Trinajstić information content (AvgIpc) is 2.50. The first-order chi connectivity index (χ1) is 9.83. The molecule has 0 spiro atoms. The Hall–Kier alpha value is -1.94. The van der Waals surface area contributed by atoms with Crippen LogP contribution >= 0.6 is 0 Å². The van der Waals surface area contributed by atoms with Gasteiger partial charge in [-0.3, -0.25) is 4.90 Å². The molecule has 1 aliphatic heterocycles. The predicted molar refractivity (Wildman–Crippen MR) is 80.7 cm³/mol. The summed E-state index contributed by atoms with van der Waals surface area (Å²) in [6, 6.07) is 10.7. The van der Waals surface area contributed by atoms with Crippen molar-refractivity contribution in [3.05, 3.63) is 54.0 Å². The monoisotopic (exact) mass is 268 g/mol. The second-order valence-corrected chi connectivity index (χ2v) is 5.28. The van der Waals surface area contributed by atoms with Crippen LogP contribution in [0.4, 0.5) is 5.82 Å². The molecule has 1 aliphatic rings. The number of aryl methyl sites for hydroxylation is 1. The minimum Gasteiger partial charge on any atom is -0.354 e. The molecule has 104 valence electrons. The molecule has 2 aromatic rings. The van der Waals surface area contributed by atoms with Crippen LogP contribution in [0.3, 0.4) is 0 Å². The molecule has 2 heterocycles. The molecule has 1 fully saturated rings. The summed E-state index contributed by atoms with van der Waals surface area (Å²) in [7, 11) is 0. The number of hydrogen-bond donors (Lipinski definition) is 0. The van der Waals surface area contributed by atoms with E-state index in [-0.39, 0.29) is 0 Å². The van der Waals surface area contributed by atoms with Crippen molar-refractivity contribution in [1.29, 1.82) is 0 Å². The molecule has 0 radical (unpaired) electrons. The molecule has 0 unspecified atom stereocenters. The van der Waals surface area contributed by atoms with Gasteiger partial charge >= 0.3 is 0 Å². The Morgan fingerprint density at radius 1 is 1.05 bits per heavy atom. The normalized spacial score (nSPS) is 16.4. The first-order valence-electron chi connectivity index (χ1n) is 7.11. The van der Waals surface area contributed by atoms with Gasteiger partial charge in [-0.1, -0.05) is 30.3 Å². The van der Waals surface area contributed by atoms with Crippen molar-refractivity contribution in [2.75, 3.05) is 31.1 Å². The van der Waals surface area contributed by atoms with E-state index >= 15 is 0 Å². The average molecular weight is 268 g/mol. The Bertz CT molecular complexity index is 547. The van der Waals surface area contributed by atoms with Crippen molar-refractivity contribution in [3.63, 3.8) is 0 Å². The van der Waals surface area contributed by atoms with Gasteiger partial charge in [0.2, 0.25) is 0 Å². The van der Waals surface area contributed by atoms with Crippen LogP contribution in [-0.2, 0) is 6.54 Å². The number of anilines is 1. The van der Waals surface area contributed by atoms with E-state index in [0.717, 1.165) is 44.1 Å². The summed E-state index contributed by atoms with van der Waals surface area (Å²) in [5, 5.41) is 0. The van der Waals surface area contributed by atoms with Crippen molar-refractivity contribution in [2.45, 2.75) is 13.5 Å². The molecule has 4 heteroatoms. The molecule has 1 saturated heterocycles. The Balaban J connectivity index is 1.59. The van der Waals surface area contributed by atoms with Crippen LogP contribution < -0.4 is 4.90 Å². The fourth-order valence-corrected chi connectivity index (χ4v) is 2.68. The minimum absolute atomic E-state index is 1.03. The third-order valence-electron chi connectivity index (χ3n) is 3.79. The Labute approximate surface area is 120 Å². The fourth-order valence-electron chi connectivity index (χ4n) is 2.68. The summed E-state index contributed by atoms with van der Waals surface area (Å²) in [6.45, 7) is 7.34. The topological polar surface area (TPSA) is 32.3 Å². The molecular weight excluding hydrogens is 248 g/mol. The maximum atomic E-state index is 4.41. The first-order valence-corrected chi connectivity index (χ1v) is 7.11. The zero-order chi connectivity index (χ0) is 13.8. The summed E-state index contributed by atoms with van der Waals surface area (Å²) in [5.74, 6) is 1.08. The van der Waals surface area contributed by atoms with Crippen molar-refractivity contribution in [1.82, 2.24) is 14.9 Å². The molecule has 0 bridgehead atoms. The maximum Gasteiger partial charge on any atom is 0.134 e. The molecule has 0 N–H and O–H groups in total. The van der Waals surface area contributed by atoms with Crippen molar-refractivity contribution < 1.29 is 0 Å². The van der Waals surface area contributed by atoms with Gasteiger partial charge < -0.3 is 4.90 Å². The lowest BCUT2D eigenvalue weighted by Crippen LogP contribution is -2.46. The van der Waals surface area contributed by atoms with Gasteiger partial charge in [-0.25, -0.2) is 9.97 Å². The second-order valence-electron chi connectivity index (χ2n) is 5.28. The highest BCUT2D eigenvalue weighted by Crippen LogP contribution is 2.17. The zero-order valence-corrected chi connectivity index (χ0v) is 11.9. The molecule has 0 saturated carbocycles. The number of benzene rings is 1. The summed E-state index contributed by atoms with van der Waals surface area (Å²) in [4.78, 5) is 13.3. The standard InChI is InChI=1S/C16H20N4/c1-14-11-17-13-18-16(14)20-9-7-19(8-10-20)12-15-5-3-2-4-6-15/h2-6,11,13H,7-10,12H2,1H3. The van der Waals surface area contributed by atoms with Crippen LogP contribution in [0.15, 0.2) is 42.9 Å². The molecule has 1 aromatic carbocycles. The second kappa shape index (κ2) is 6.01. The van der Waals surface area contributed by atoms with Crippen LogP contribution in [0, 0.1) is 6.92 Å². The van der Waals surface area contributed by atoms with Gasteiger partial charge in [0.1, 0.15) is 12.1 Å². The van der Waals surface area contributed by atoms with E-state index in [1.807, 2.05) is 6.20 Å². The quantitative estimate of drug-likeness (QED) is 0.853. The summed E-state index contributed by atoms with van der Waals surface area (Å²) in [5.41, 5.74) is 2.54. The molecule has 0 aliphatic carbocycles. The van der Waals surface area contributed by atoms with Crippen LogP contribution in [-0.4, -0.2) is 41.0 Å². The van der Waals surface area contributed by atoms with Gasteiger partial charge in [0.15, 0.2) is 0 Å². The highest BCUT2D eigenvalue weighted by atomic mass is 15.3. The lowest BCUT2D eigenvalue weighted by atomic mass is 10.2. The lowest BCUT2D eigenvalue weighted by molar-refractivity contribution is 0.249. The fraction of sp³-hybridized carbons (Fsp3) is 0.375. The lowest BCUT2D eigenvalue weighted by Gasteiger charge is -2.35. The number of aromatic nitrogens is 2. The van der Waals surface area contributed by atoms with Gasteiger partial charge in [0.25, 0.3) is 0 Å². The van der Waals surface area contributed by atoms with Crippen LogP contribution in [0.1, 0.15) is 11.1 Å². The van der Waals surface area contributed by atoms with Crippen molar-refractivity contribution in [2.24, 2.45) is 0 Å². The van der Waals surface area contributed by atoms with Gasteiger partial charge in [-0.15, -0.1) is 0 Å². The van der Waals surface area contributed by atoms with E-state index in [0.29, 0.717) is 0 Å². The zero-order valence-electron chi connectivity index (χ0n) is 11.9. The van der Waals surface area contributed by atoms with Crippen LogP contribution in [0.5, 0.6) is 0 Å². The van der Waals surface area contributed by atoms with E-state index in [2.05, 4.69) is 57.0 Å². The van der Waals surface area contributed by atoms with E-state index in [1.165, 1.54) is 5.56 Å². The Morgan fingerprint density at radius 3 is 2.50 bits per heavy atom. The highest BCUT2D eigenvalue weighted by Gasteiger charge is 2.19. The van der Waals surface area contributed by atoms with Gasteiger partial charge in [0.05, 0.1) is 0 Å². The number of nitrogens with zero attached hydrogens (tertiary/aromatic N) is 4. The summed E-state index contributed by atoms with van der Waals surface area (Å²) >= 11 is 0. The maximum absolute atomic E-state index is 4.41. The third kappa shape index (κ3) is 2.96. The minimum atomic E-state index is 1.03. The molecular formula is C16H20N4. The highest BCUT2D eigenvalue weighted by molar-refractivity contribution is 5.44. The molecule has 1 aromatic heterocycles. The van der Waals surface area contributed by atoms with Crippen LogP contribution in [0.2, 0.25) is 0 Å². The largest absolute Gasteiger partial charge is 0.354 e. The number of hydrogen-bond acceptors (Lipinski definition) is 4. The molecule has 4 nitrogen and oxygen atoms in total. The number of piperazine rings is 1. The van der Waals surface area contributed by atoms with Gasteiger partial charge in [-0.2, -0.15) is 0 Å². The smallest absolute Gasteiger partial charge is 0.134 e. The van der Waals surface area contributed by atoms with Crippen molar-refractivity contribution >= 4 is 5.82 Å². The van der Waals surface area contributed by atoms with Crippen LogP contribution in [0.25, 0.3) is 0 Å². The molecule has 0 amide bonds. The SMILES string of the molecule is Cc1cncnc1N1CCN(Cc2ccccc2)CC1. The van der Waals surface area contributed by atoms with Gasteiger partial charge in [-0.05, 0) is 12.5 Å². The molecule has 20 heavy (non-hydrogen) atoms. The predicted octanol–water partition coefficient (Wildman–Crippen LogP) is 2.11. The molecule has 3 rings (SSSR count). The number of rotatable bonds is 3. The van der Waals surface area contributed by atoms with Crippen molar-refractivity contribution in [3.8, 4) is 0 Å². The van der Waals surface area contributed by atoms with E-state index in [9.17, 15) is 0 Å². The third-order valence-corrected chi connectivity index (χ3v) is 3.79. The van der Waals surface area contributed by atoms with E-state index in [4.69, 9.17) is 0 Å². The Morgan fingerprint density at radius 2 is 1.80 bits per heavy atom. The summed E-state index contributed by atoms with van der Waals surface area (Å²) < 4.78 is 0. The molecule has 0 atom stereocenters. The Kier molecular flexibility index (Phi) is 3.92. The van der Waals surface area contributed by atoms with Gasteiger partial charge in [0, 0.05) is 44.5 Å².